The highest BCUT2D eigenvalue weighted by molar-refractivity contribution is 4.95. The van der Waals surface area contributed by atoms with Crippen LogP contribution in [0.25, 0.3) is 0 Å². The number of hydrogen-bond acceptors (Lipinski definition) is 1. The summed E-state index contributed by atoms with van der Waals surface area (Å²) in [5.74, 6) is 2.04. The lowest BCUT2D eigenvalue weighted by Gasteiger charge is -2.12. The molecule has 1 nitrogen and oxygen atoms in total. The molecule has 0 saturated heterocycles. The third-order valence-corrected chi connectivity index (χ3v) is 4.02. The summed E-state index contributed by atoms with van der Waals surface area (Å²) < 4.78 is 0. The van der Waals surface area contributed by atoms with Crippen LogP contribution in [0.2, 0.25) is 0 Å². The molecule has 4 atom stereocenters. The third-order valence-electron chi connectivity index (χ3n) is 4.02. The summed E-state index contributed by atoms with van der Waals surface area (Å²) in [6, 6.07) is 1.76. The monoisotopic (exact) mass is 181 g/mol. The Bertz CT molecular complexity index is 167. The van der Waals surface area contributed by atoms with E-state index in [1.54, 1.807) is 0 Å². The molecule has 1 heteroatoms. The van der Waals surface area contributed by atoms with Crippen LogP contribution in [0.4, 0.5) is 0 Å². The van der Waals surface area contributed by atoms with Gasteiger partial charge in [-0.1, -0.05) is 26.7 Å². The van der Waals surface area contributed by atoms with Crippen molar-refractivity contribution in [2.24, 2.45) is 11.8 Å². The fraction of sp³-hybridized carbons (Fsp3) is 1.00. The Hall–Kier alpha value is -0.0400. The summed E-state index contributed by atoms with van der Waals surface area (Å²) in [6.07, 6.45) is 8.57. The van der Waals surface area contributed by atoms with Gasteiger partial charge in [-0.2, -0.15) is 0 Å². The van der Waals surface area contributed by atoms with E-state index in [0.29, 0.717) is 0 Å². The molecule has 0 amide bonds. The van der Waals surface area contributed by atoms with Gasteiger partial charge in [-0.25, -0.2) is 0 Å². The van der Waals surface area contributed by atoms with Crippen LogP contribution >= 0.6 is 0 Å². The van der Waals surface area contributed by atoms with Gasteiger partial charge in [-0.15, -0.1) is 0 Å². The SMILES string of the molecule is CCC1CCC(NC2CC2CC)C1. The summed E-state index contributed by atoms with van der Waals surface area (Å²) in [6.45, 7) is 4.65. The molecule has 1 N–H and O–H groups in total. The van der Waals surface area contributed by atoms with E-state index in [-0.39, 0.29) is 0 Å². The van der Waals surface area contributed by atoms with Gasteiger partial charge in [-0.05, 0) is 37.5 Å². The summed E-state index contributed by atoms with van der Waals surface area (Å²) in [4.78, 5) is 0. The van der Waals surface area contributed by atoms with Crippen LogP contribution in [0.3, 0.4) is 0 Å². The Morgan fingerprint density at radius 3 is 2.46 bits per heavy atom. The molecule has 2 saturated carbocycles. The molecular formula is C12H23N. The third kappa shape index (κ3) is 2.25. The van der Waals surface area contributed by atoms with Crippen LogP contribution < -0.4 is 5.32 Å². The van der Waals surface area contributed by atoms with E-state index in [4.69, 9.17) is 0 Å². The van der Waals surface area contributed by atoms with Crippen LogP contribution in [-0.4, -0.2) is 12.1 Å². The van der Waals surface area contributed by atoms with Crippen molar-refractivity contribution in [3.8, 4) is 0 Å². The largest absolute Gasteiger partial charge is 0.311 e. The Balaban J connectivity index is 1.67. The average Bonchev–Trinajstić information content (AvgIpc) is 2.73. The maximum absolute atomic E-state index is 3.82. The first-order valence-electron chi connectivity index (χ1n) is 6.09. The van der Waals surface area contributed by atoms with E-state index in [9.17, 15) is 0 Å². The molecule has 2 aliphatic rings. The molecule has 2 aliphatic carbocycles. The van der Waals surface area contributed by atoms with Gasteiger partial charge in [0, 0.05) is 12.1 Å². The second kappa shape index (κ2) is 4.00. The Morgan fingerprint density at radius 1 is 1.08 bits per heavy atom. The lowest BCUT2D eigenvalue weighted by molar-refractivity contribution is 0.464. The van der Waals surface area contributed by atoms with E-state index >= 15 is 0 Å². The standard InChI is InChI=1S/C12H23N/c1-3-9-5-6-11(7-9)13-12-8-10(12)4-2/h9-13H,3-8H2,1-2H3. The average molecular weight is 181 g/mol. The lowest BCUT2D eigenvalue weighted by Crippen LogP contribution is -2.29. The van der Waals surface area contributed by atoms with Gasteiger partial charge in [0.1, 0.15) is 0 Å². The molecule has 0 aromatic heterocycles. The van der Waals surface area contributed by atoms with Crippen LogP contribution in [0.5, 0.6) is 0 Å². The van der Waals surface area contributed by atoms with Gasteiger partial charge in [0.05, 0.1) is 0 Å². The van der Waals surface area contributed by atoms with Crippen LogP contribution in [0.15, 0.2) is 0 Å². The van der Waals surface area contributed by atoms with Gasteiger partial charge < -0.3 is 5.32 Å². The predicted octanol–water partition coefficient (Wildman–Crippen LogP) is 2.95. The van der Waals surface area contributed by atoms with Crippen LogP contribution in [0.1, 0.15) is 52.4 Å². The molecule has 13 heavy (non-hydrogen) atoms. The first-order chi connectivity index (χ1) is 6.33. The Kier molecular flexibility index (Phi) is 2.92. The molecule has 0 radical (unpaired) electrons. The normalized spacial score (nSPS) is 43.8. The van der Waals surface area contributed by atoms with E-state index < -0.39 is 0 Å². The van der Waals surface area contributed by atoms with Gasteiger partial charge >= 0.3 is 0 Å². The molecule has 2 rings (SSSR count). The van der Waals surface area contributed by atoms with Crippen molar-refractivity contribution < 1.29 is 0 Å². The molecule has 4 unspecified atom stereocenters. The van der Waals surface area contributed by atoms with E-state index in [1.807, 2.05) is 0 Å². The maximum atomic E-state index is 3.82. The fourth-order valence-corrected chi connectivity index (χ4v) is 2.80. The molecule has 0 aliphatic heterocycles. The van der Waals surface area contributed by atoms with Gasteiger partial charge in [0.15, 0.2) is 0 Å². The topological polar surface area (TPSA) is 12.0 Å². The zero-order valence-electron chi connectivity index (χ0n) is 9.05. The van der Waals surface area contributed by atoms with E-state index in [2.05, 4.69) is 19.2 Å². The first-order valence-corrected chi connectivity index (χ1v) is 6.09. The molecule has 0 aromatic carbocycles. The molecule has 76 valence electrons. The fourth-order valence-electron chi connectivity index (χ4n) is 2.80. The highest BCUT2D eigenvalue weighted by atomic mass is 15.0. The van der Waals surface area contributed by atoms with Crippen LogP contribution in [-0.2, 0) is 0 Å². The van der Waals surface area contributed by atoms with E-state index in [0.717, 1.165) is 23.9 Å². The molecule has 0 heterocycles. The summed E-state index contributed by atoms with van der Waals surface area (Å²) in [5, 5.41) is 3.82. The first kappa shape index (κ1) is 9.51. The predicted molar refractivity (Wildman–Crippen MR) is 56.7 cm³/mol. The minimum absolute atomic E-state index is 0.867. The van der Waals surface area contributed by atoms with Crippen molar-refractivity contribution in [1.82, 2.24) is 5.32 Å². The maximum Gasteiger partial charge on any atom is 0.0102 e. The number of rotatable bonds is 4. The lowest BCUT2D eigenvalue weighted by atomic mass is 10.1. The number of nitrogens with one attached hydrogen (secondary N) is 1. The van der Waals surface area contributed by atoms with Crippen molar-refractivity contribution in [3.63, 3.8) is 0 Å². The van der Waals surface area contributed by atoms with Crippen molar-refractivity contribution in [1.29, 1.82) is 0 Å². The molecule has 0 spiro atoms. The summed E-state index contributed by atoms with van der Waals surface area (Å²) in [5.41, 5.74) is 0. The quantitative estimate of drug-likeness (QED) is 0.703. The molecule has 0 aromatic rings. The minimum atomic E-state index is 0.867. The molecule has 2 fully saturated rings. The van der Waals surface area contributed by atoms with Crippen LogP contribution in [0, 0.1) is 11.8 Å². The highest BCUT2D eigenvalue weighted by Crippen LogP contribution is 2.36. The second-order valence-electron chi connectivity index (χ2n) is 4.96. The summed E-state index contributed by atoms with van der Waals surface area (Å²) in [7, 11) is 0. The van der Waals surface area contributed by atoms with E-state index in [1.165, 1.54) is 38.5 Å². The Labute approximate surface area is 82.3 Å². The highest BCUT2D eigenvalue weighted by Gasteiger charge is 2.37. The molecule has 0 bridgehead atoms. The van der Waals surface area contributed by atoms with Crippen molar-refractivity contribution >= 4 is 0 Å². The Morgan fingerprint density at radius 2 is 1.92 bits per heavy atom. The van der Waals surface area contributed by atoms with Crippen molar-refractivity contribution in [2.45, 2.75) is 64.5 Å². The molecular weight excluding hydrogens is 158 g/mol. The van der Waals surface area contributed by atoms with Gasteiger partial charge in [0.25, 0.3) is 0 Å². The van der Waals surface area contributed by atoms with Crippen molar-refractivity contribution in [3.05, 3.63) is 0 Å². The van der Waals surface area contributed by atoms with Gasteiger partial charge in [-0.3, -0.25) is 0 Å². The second-order valence-corrected chi connectivity index (χ2v) is 4.96. The minimum Gasteiger partial charge on any atom is -0.311 e. The zero-order valence-corrected chi connectivity index (χ0v) is 9.05. The summed E-state index contributed by atoms with van der Waals surface area (Å²) >= 11 is 0. The zero-order chi connectivity index (χ0) is 9.26. The van der Waals surface area contributed by atoms with Gasteiger partial charge in [0.2, 0.25) is 0 Å². The smallest absolute Gasteiger partial charge is 0.0102 e. The number of hydrogen-bond donors (Lipinski definition) is 1. The van der Waals surface area contributed by atoms with Crippen molar-refractivity contribution in [2.75, 3.05) is 0 Å².